The van der Waals surface area contributed by atoms with Crippen molar-refractivity contribution < 1.29 is 9.50 Å². The summed E-state index contributed by atoms with van der Waals surface area (Å²) in [6.07, 6.45) is 1.98. The Bertz CT molecular complexity index is 865. The summed E-state index contributed by atoms with van der Waals surface area (Å²) < 4.78 is 14.1. The highest BCUT2D eigenvalue weighted by molar-refractivity contribution is 5.46. The summed E-state index contributed by atoms with van der Waals surface area (Å²) in [6, 6.07) is 14.7. The molecular formula is C24H30FN3O. The number of β-amino-alcohol motifs (C(OH)–C–C–N with tert-alkyl or cyclic N) is 1. The second-order valence-electron chi connectivity index (χ2n) is 8.77. The van der Waals surface area contributed by atoms with Gasteiger partial charge in [-0.15, -0.1) is 0 Å². The van der Waals surface area contributed by atoms with Gasteiger partial charge >= 0.3 is 0 Å². The van der Waals surface area contributed by atoms with Gasteiger partial charge < -0.3 is 10.4 Å². The van der Waals surface area contributed by atoms with E-state index in [2.05, 4.69) is 39.4 Å². The maximum atomic E-state index is 14.1. The zero-order valence-electron chi connectivity index (χ0n) is 16.9. The fourth-order valence-electron chi connectivity index (χ4n) is 5.55. The van der Waals surface area contributed by atoms with Crippen molar-refractivity contribution in [2.24, 2.45) is 0 Å². The van der Waals surface area contributed by atoms with Crippen LogP contribution in [0.5, 0.6) is 0 Å². The highest BCUT2D eigenvalue weighted by Crippen LogP contribution is 2.45. The van der Waals surface area contributed by atoms with Crippen LogP contribution in [0.2, 0.25) is 0 Å². The number of fused-ring (bicyclic) bond motifs is 5. The molecule has 1 aliphatic carbocycles. The van der Waals surface area contributed by atoms with Crippen molar-refractivity contribution in [3.63, 3.8) is 0 Å². The van der Waals surface area contributed by atoms with Gasteiger partial charge in [-0.05, 0) is 47.2 Å². The number of benzene rings is 2. The summed E-state index contributed by atoms with van der Waals surface area (Å²) in [5.74, 6) is 0.258. The molecule has 2 aromatic carbocycles. The van der Waals surface area contributed by atoms with E-state index in [1.54, 1.807) is 12.1 Å². The zero-order valence-corrected chi connectivity index (χ0v) is 16.9. The van der Waals surface area contributed by atoms with Gasteiger partial charge in [0.15, 0.2) is 0 Å². The quantitative estimate of drug-likeness (QED) is 0.835. The molecule has 2 aromatic rings. The first-order valence-corrected chi connectivity index (χ1v) is 10.9. The topological polar surface area (TPSA) is 38.7 Å². The highest BCUT2D eigenvalue weighted by atomic mass is 19.1. The van der Waals surface area contributed by atoms with E-state index in [1.165, 1.54) is 16.7 Å². The summed E-state index contributed by atoms with van der Waals surface area (Å²) in [4.78, 5) is 4.87. The number of halogens is 1. The van der Waals surface area contributed by atoms with Crippen LogP contribution in [0.15, 0.2) is 42.5 Å². The second kappa shape index (κ2) is 8.15. The molecule has 4 nitrogen and oxygen atoms in total. The predicted octanol–water partition coefficient (Wildman–Crippen LogP) is 2.53. The molecule has 0 unspecified atom stereocenters. The number of nitrogens with one attached hydrogen (secondary N) is 1. The molecule has 0 saturated carbocycles. The lowest BCUT2D eigenvalue weighted by atomic mass is 9.87. The molecule has 5 rings (SSSR count). The van der Waals surface area contributed by atoms with Crippen LogP contribution in [-0.2, 0) is 6.42 Å². The summed E-state index contributed by atoms with van der Waals surface area (Å²) in [6.45, 7) is 6.20. The third-order valence-corrected chi connectivity index (χ3v) is 6.99. The molecule has 154 valence electrons. The minimum atomic E-state index is -0.140. The van der Waals surface area contributed by atoms with Gasteiger partial charge in [-0.2, -0.15) is 0 Å². The maximum absolute atomic E-state index is 14.1. The SMILES string of the molecule is OCCN1CCN(C[C@H]2C[C@@H]3c4ccccc4Cc4ccc(F)cc4[C@H]3N2)CC1. The average molecular weight is 396 g/mol. The number of aliphatic hydroxyl groups excluding tert-OH is 1. The molecular weight excluding hydrogens is 365 g/mol. The number of nitrogens with zero attached hydrogens (tertiary/aromatic N) is 2. The van der Waals surface area contributed by atoms with Crippen molar-refractivity contribution in [1.82, 2.24) is 15.1 Å². The van der Waals surface area contributed by atoms with E-state index in [1.807, 2.05) is 6.07 Å². The molecule has 0 aromatic heterocycles. The van der Waals surface area contributed by atoms with Gasteiger partial charge in [0.1, 0.15) is 5.82 Å². The Labute approximate surface area is 172 Å². The molecule has 2 aliphatic heterocycles. The smallest absolute Gasteiger partial charge is 0.123 e. The van der Waals surface area contributed by atoms with E-state index in [0.717, 1.165) is 57.7 Å². The fourth-order valence-corrected chi connectivity index (χ4v) is 5.55. The van der Waals surface area contributed by atoms with Gasteiger partial charge in [-0.25, -0.2) is 4.39 Å². The number of piperazine rings is 1. The summed E-state index contributed by atoms with van der Waals surface area (Å²) in [5, 5.41) is 13.0. The highest BCUT2D eigenvalue weighted by Gasteiger charge is 2.40. The minimum absolute atomic E-state index is 0.140. The number of hydrogen-bond acceptors (Lipinski definition) is 4. The number of aliphatic hydroxyl groups is 1. The lowest BCUT2D eigenvalue weighted by Crippen LogP contribution is -2.50. The number of hydrogen-bond donors (Lipinski definition) is 2. The number of rotatable bonds is 4. The Morgan fingerprint density at radius 3 is 2.55 bits per heavy atom. The normalized spacial score (nSPS) is 27.2. The molecule has 0 spiro atoms. The van der Waals surface area contributed by atoms with E-state index < -0.39 is 0 Å². The first-order valence-electron chi connectivity index (χ1n) is 10.9. The van der Waals surface area contributed by atoms with Crippen LogP contribution in [0.3, 0.4) is 0 Å². The Morgan fingerprint density at radius 2 is 1.72 bits per heavy atom. The molecule has 3 atom stereocenters. The van der Waals surface area contributed by atoms with E-state index in [4.69, 9.17) is 5.11 Å². The van der Waals surface area contributed by atoms with E-state index >= 15 is 0 Å². The molecule has 0 radical (unpaired) electrons. The first-order chi connectivity index (χ1) is 14.2. The van der Waals surface area contributed by atoms with Crippen molar-refractivity contribution in [3.8, 4) is 0 Å². The van der Waals surface area contributed by atoms with Crippen molar-refractivity contribution in [2.45, 2.75) is 30.8 Å². The zero-order chi connectivity index (χ0) is 19.8. The first kappa shape index (κ1) is 19.2. The molecule has 0 amide bonds. The van der Waals surface area contributed by atoms with Crippen LogP contribution in [0.4, 0.5) is 4.39 Å². The summed E-state index contributed by atoms with van der Waals surface area (Å²) >= 11 is 0. The van der Waals surface area contributed by atoms with Crippen LogP contribution in [0.25, 0.3) is 0 Å². The van der Waals surface area contributed by atoms with Crippen LogP contribution in [0.1, 0.15) is 40.6 Å². The third-order valence-electron chi connectivity index (χ3n) is 6.99. The van der Waals surface area contributed by atoms with Gasteiger partial charge in [0.25, 0.3) is 0 Å². The largest absolute Gasteiger partial charge is 0.395 e. The van der Waals surface area contributed by atoms with Crippen molar-refractivity contribution in [3.05, 3.63) is 70.5 Å². The molecule has 2 fully saturated rings. The van der Waals surface area contributed by atoms with Crippen LogP contribution < -0.4 is 5.32 Å². The second-order valence-corrected chi connectivity index (χ2v) is 8.77. The molecule has 3 aliphatic rings. The summed E-state index contributed by atoms with van der Waals surface area (Å²) in [5.41, 5.74) is 5.20. The standard InChI is InChI=1S/C24H30FN3O/c25-19-6-5-18-13-17-3-1-2-4-21(17)23-15-20(26-24(23)22(18)14-19)16-28-9-7-27(8-10-28)11-12-29/h1-6,14,20,23-24,26,29H,7-13,15-16H2/t20-,23-,24-/m1/s1. The van der Waals surface area contributed by atoms with Crippen molar-refractivity contribution in [1.29, 1.82) is 0 Å². The van der Waals surface area contributed by atoms with Gasteiger partial charge in [-0.3, -0.25) is 9.80 Å². The Balaban J connectivity index is 1.36. The Morgan fingerprint density at radius 1 is 0.966 bits per heavy atom. The van der Waals surface area contributed by atoms with Gasteiger partial charge in [0, 0.05) is 57.3 Å². The molecule has 29 heavy (non-hydrogen) atoms. The van der Waals surface area contributed by atoms with Crippen LogP contribution in [0, 0.1) is 5.82 Å². The van der Waals surface area contributed by atoms with E-state index in [0.29, 0.717) is 12.0 Å². The Hall–Kier alpha value is -1.79. The molecule has 5 heteroatoms. The van der Waals surface area contributed by atoms with Gasteiger partial charge in [-0.1, -0.05) is 30.3 Å². The summed E-state index contributed by atoms with van der Waals surface area (Å²) in [7, 11) is 0. The van der Waals surface area contributed by atoms with Crippen molar-refractivity contribution in [2.75, 3.05) is 45.9 Å². The Kier molecular flexibility index (Phi) is 5.39. The maximum Gasteiger partial charge on any atom is 0.123 e. The van der Waals surface area contributed by atoms with Crippen LogP contribution in [-0.4, -0.2) is 66.8 Å². The average Bonchev–Trinajstić information content (AvgIpc) is 3.10. The van der Waals surface area contributed by atoms with Gasteiger partial charge in [0.2, 0.25) is 0 Å². The lowest BCUT2D eigenvalue weighted by molar-refractivity contribution is 0.107. The van der Waals surface area contributed by atoms with E-state index in [9.17, 15) is 4.39 Å². The molecule has 0 bridgehead atoms. The third kappa shape index (κ3) is 3.84. The van der Waals surface area contributed by atoms with Crippen molar-refractivity contribution >= 4 is 0 Å². The van der Waals surface area contributed by atoms with E-state index in [-0.39, 0.29) is 18.5 Å². The lowest BCUT2D eigenvalue weighted by Gasteiger charge is -2.35. The molecule has 2 heterocycles. The fraction of sp³-hybridized carbons (Fsp3) is 0.500. The minimum Gasteiger partial charge on any atom is -0.395 e. The van der Waals surface area contributed by atoms with Gasteiger partial charge in [0.05, 0.1) is 6.61 Å². The molecule has 2 N–H and O–H groups in total. The van der Waals surface area contributed by atoms with Crippen LogP contribution >= 0.6 is 0 Å². The predicted molar refractivity (Wildman–Crippen MR) is 113 cm³/mol. The monoisotopic (exact) mass is 395 g/mol. The molecule has 2 saturated heterocycles.